The van der Waals surface area contributed by atoms with E-state index in [-0.39, 0.29) is 23.4 Å². The van der Waals surface area contributed by atoms with Crippen LogP contribution >= 0.6 is 0 Å². The van der Waals surface area contributed by atoms with E-state index in [0.717, 1.165) is 48.9 Å². The first-order chi connectivity index (χ1) is 14.0. The lowest BCUT2D eigenvalue weighted by Crippen LogP contribution is -2.48. The van der Waals surface area contributed by atoms with Crippen LogP contribution < -0.4 is 0 Å². The topological polar surface area (TPSA) is 50.1 Å². The van der Waals surface area contributed by atoms with Crippen LogP contribution in [0.2, 0.25) is 0 Å². The third-order valence-corrected chi connectivity index (χ3v) is 9.77. The summed E-state index contributed by atoms with van der Waals surface area (Å²) in [7, 11) is 0. The number of rotatable bonds is 8. The van der Waals surface area contributed by atoms with Crippen molar-refractivity contribution < 1.29 is 9.53 Å². The van der Waals surface area contributed by atoms with Gasteiger partial charge in [-0.25, -0.2) is 0 Å². The van der Waals surface area contributed by atoms with Crippen LogP contribution in [0.25, 0.3) is 0 Å². The van der Waals surface area contributed by atoms with Gasteiger partial charge in [0.15, 0.2) is 5.78 Å². The van der Waals surface area contributed by atoms with Crippen molar-refractivity contribution in [1.82, 2.24) is 0 Å². The number of nitrogens with zero attached hydrogens (tertiary/aromatic N) is 1. The molecule has 0 aromatic rings. The molecule has 0 spiro atoms. The van der Waals surface area contributed by atoms with E-state index in [4.69, 9.17) is 4.74 Å². The van der Waals surface area contributed by atoms with E-state index in [1.54, 1.807) is 0 Å². The molecule has 0 aromatic heterocycles. The SMILES string of the molecule is CCCC1C(CC)CCC2C1CCC1(C)C(C(=O)COCC3(C#N)CC3)CCC21. The van der Waals surface area contributed by atoms with Crippen LogP contribution in [0.1, 0.15) is 91.4 Å². The summed E-state index contributed by atoms with van der Waals surface area (Å²) in [6.45, 7) is 7.85. The lowest BCUT2D eigenvalue weighted by molar-refractivity contribution is -0.135. The molecule has 0 aromatic carbocycles. The number of carbonyl (C=O) groups excluding carboxylic acids is 1. The number of hydrogen-bond donors (Lipinski definition) is 0. The standard InChI is InChI=1S/C26H41NO2/c1-4-6-19-18(5-2)7-8-21-20(19)11-12-25(3)22(21)9-10-23(25)24(28)15-29-17-26(16-27)13-14-26/h18-23H,4-15,17H2,1-3H3. The molecule has 4 saturated carbocycles. The summed E-state index contributed by atoms with van der Waals surface area (Å²) in [6.07, 6.45) is 13.6. The van der Waals surface area contributed by atoms with E-state index in [2.05, 4.69) is 26.8 Å². The van der Waals surface area contributed by atoms with Crippen molar-refractivity contribution in [2.24, 2.45) is 46.3 Å². The largest absolute Gasteiger partial charge is 0.372 e. The molecular formula is C26H41NO2. The minimum Gasteiger partial charge on any atom is -0.372 e. The number of ether oxygens (including phenoxy) is 1. The molecule has 0 heterocycles. The van der Waals surface area contributed by atoms with Gasteiger partial charge in [0.05, 0.1) is 18.1 Å². The molecule has 7 atom stereocenters. The Kier molecular flexibility index (Phi) is 6.14. The summed E-state index contributed by atoms with van der Waals surface area (Å²) in [4.78, 5) is 13.1. The first kappa shape index (κ1) is 21.4. The summed E-state index contributed by atoms with van der Waals surface area (Å²) in [5.74, 6) is 4.84. The predicted octanol–water partition coefficient (Wildman–Crippen LogP) is 6.17. The van der Waals surface area contributed by atoms with Gasteiger partial charge in [-0.3, -0.25) is 4.79 Å². The Morgan fingerprint density at radius 1 is 1.07 bits per heavy atom. The fraction of sp³-hybridized carbons (Fsp3) is 0.923. The molecule has 4 aliphatic carbocycles. The number of Topliss-reactive ketones (excluding diaryl/α,β-unsaturated/α-hetero) is 1. The van der Waals surface area contributed by atoms with E-state index < -0.39 is 0 Å². The molecular weight excluding hydrogens is 358 g/mol. The maximum atomic E-state index is 13.1. The molecule has 4 rings (SSSR count). The number of hydrogen-bond acceptors (Lipinski definition) is 3. The van der Waals surface area contributed by atoms with E-state index in [9.17, 15) is 10.1 Å². The zero-order valence-electron chi connectivity index (χ0n) is 18.9. The molecule has 0 N–H and O–H groups in total. The van der Waals surface area contributed by atoms with Gasteiger partial charge in [-0.2, -0.15) is 5.26 Å². The zero-order chi connectivity index (χ0) is 20.6. The van der Waals surface area contributed by atoms with Crippen LogP contribution in [0.15, 0.2) is 0 Å². The second-order valence-electron chi connectivity index (χ2n) is 11.2. The third kappa shape index (κ3) is 3.80. The van der Waals surface area contributed by atoms with E-state index >= 15 is 0 Å². The van der Waals surface area contributed by atoms with E-state index in [1.165, 1.54) is 51.4 Å². The summed E-state index contributed by atoms with van der Waals surface area (Å²) in [5.41, 5.74) is -0.0867. The maximum Gasteiger partial charge on any atom is 0.162 e. The van der Waals surface area contributed by atoms with Crippen molar-refractivity contribution in [3.8, 4) is 6.07 Å². The van der Waals surface area contributed by atoms with Crippen molar-refractivity contribution in [1.29, 1.82) is 5.26 Å². The van der Waals surface area contributed by atoms with Crippen molar-refractivity contribution in [3.05, 3.63) is 0 Å². The lowest BCUT2D eigenvalue weighted by Gasteiger charge is -2.54. The Morgan fingerprint density at radius 2 is 1.86 bits per heavy atom. The quantitative estimate of drug-likeness (QED) is 0.490. The number of carbonyl (C=O) groups is 1. The third-order valence-electron chi connectivity index (χ3n) is 9.77. The first-order valence-electron chi connectivity index (χ1n) is 12.5. The fourth-order valence-electron chi connectivity index (χ4n) is 7.94. The molecule has 3 nitrogen and oxygen atoms in total. The van der Waals surface area contributed by atoms with Crippen molar-refractivity contribution >= 4 is 5.78 Å². The number of nitriles is 1. The second kappa shape index (κ2) is 8.33. The molecule has 3 heteroatoms. The van der Waals surface area contributed by atoms with Gasteiger partial charge in [-0.15, -0.1) is 0 Å². The summed E-state index contributed by atoms with van der Waals surface area (Å²) in [6, 6.07) is 2.37. The van der Waals surface area contributed by atoms with Crippen LogP contribution in [0.3, 0.4) is 0 Å². The zero-order valence-corrected chi connectivity index (χ0v) is 18.9. The van der Waals surface area contributed by atoms with E-state index in [1.807, 2.05) is 0 Å². The van der Waals surface area contributed by atoms with Gasteiger partial charge in [0, 0.05) is 5.92 Å². The minimum absolute atomic E-state index is 0.180. The molecule has 4 aliphatic rings. The summed E-state index contributed by atoms with van der Waals surface area (Å²) >= 11 is 0. The Hall–Kier alpha value is -0.880. The van der Waals surface area contributed by atoms with Gasteiger partial charge in [-0.05, 0) is 86.4 Å². The monoisotopic (exact) mass is 399 g/mol. The smallest absolute Gasteiger partial charge is 0.162 e. The van der Waals surface area contributed by atoms with Crippen LogP contribution in [0.5, 0.6) is 0 Å². The average Bonchev–Trinajstić information content (AvgIpc) is 3.41. The maximum absolute atomic E-state index is 13.1. The van der Waals surface area contributed by atoms with Gasteiger partial charge in [0.2, 0.25) is 0 Å². The number of ketones is 1. The molecule has 4 fully saturated rings. The Labute approximate surface area is 178 Å². The van der Waals surface area contributed by atoms with Crippen LogP contribution in [-0.4, -0.2) is 19.0 Å². The summed E-state index contributed by atoms with van der Waals surface area (Å²) in [5, 5.41) is 9.22. The summed E-state index contributed by atoms with van der Waals surface area (Å²) < 4.78 is 5.76. The highest BCUT2D eigenvalue weighted by atomic mass is 16.5. The average molecular weight is 400 g/mol. The van der Waals surface area contributed by atoms with E-state index in [0.29, 0.717) is 12.4 Å². The van der Waals surface area contributed by atoms with Crippen molar-refractivity contribution in [2.45, 2.75) is 91.4 Å². The second-order valence-corrected chi connectivity index (χ2v) is 11.2. The predicted molar refractivity (Wildman–Crippen MR) is 115 cm³/mol. The number of fused-ring (bicyclic) bond motifs is 3. The Morgan fingerprint density at radius 3 is 2.52 bits per heavy atom. The van der Waals surface area contributed by atoms with Crippen LogP contribution in [-0.2, 0) is 9.53 Å². The molecule has 0 radical (unpaired) electrons. The highest BCUT2D eigenvalue weighted by Crippen LogP contribution is 2.63. The molecule has 0 aliphatic heterocycles. The van der Waals surface area contributed by atoms with Gasteiger partial charge in [-0.1, -0.05) is 40.0 Å². The van der Waals surface area contributed by atoms with Crippen molar-refractivity contribution in [2.75, 3.05) is 13.2 Å². The lowest BCUT2D eigenvalue weighted by atomic mass is 9.50. The highest BCUT2D eigenvalue weighted by molar-refractivity contribution is 5.83. The van der Waals surface area contributed by atoms with Gasteiger partial charge in [0.1, 0.15) is 6.61 Å². The van der Waals surface area contributed by atoms with Gasteiger partial charge < -0.3 is 4.74 Å². The highest BCUT2D eigenvalue weighted by Gasteiger charge is 2.57. The normalized spacial score (nSPS) is 42.6. The van der Waals surface area contributed by atoms with Gasteiger partial charge in [0.25, 0.3) is 0 Å². The Bertz CT molecular complexity index is 648. The minimum atomic E-state index is -0.271. The molecule has 29 heavy (non-hydrogen) atoms. The first-order valence-corrected chi connectivity index (χ1v) is 12.5. The molecule has 7 unspecified atom stereocenters. The molecule has 162 valence electrons. The molecule has 0 saturated heterocycles. The fourth-order valence-corrected chi connectivity index (χ4v) is 7.94. The molecule has 0 bridgehead atoms. The van der Waals surface area contributed by atoms with Gasteiger partial charge >= 0.3 is 0 Å². The van der Waals surface area contributed by atoms with Crippen molar-refractivity contribution in [3.63, 3.8) is 0 Å². The molecule has 0 amide bonds. The Balaban J connectivity index is 1.40. The van der Waals surface area contributed by atoms with Crippen LogP contribution in [0, 0.1) is 57.7 Å². The van der Waals surface area contributed by atoms with Crippen LogP contribution in [0.4, 0.5) is 0 Å².